The fourth-order valence-corrected chi connectivity index (χ4v) is 3.43. The average molecular weight is 418 g/mol. The second-order valence-electron chi connectivity index (χ2n) is 7.25. The summed E-state index contributed by atoms with van der Waals surface area (Å²) in [4.78, 5) is 39.1. The highest BCUT2D eigenvalue weighted by molar-refractivity contribution is 6.06. The Morgan fingerprint density at radius 2 is 1.68 bits per heavy atom. The van der Waals surface area contributed by atoms with E-state index in [0.717, 1.165) is 31.5 Å². The highest BCUT2D eigenvalue weighted by atomic mass is 16.5. The van der Waals surface area contributed by atoms with Crippen molar-refractivity contribution in [2.75, 3.05) is 18.4 Å². The fraction of sp³-hybridized carbons (Fsp3) is 0.208. The van der Waals surface area contributed by atoms with Crippen molar-refractivity contribution in [3.8, 4) is 0 Å². The van der Waals surface area contributed by atoms with E-state index in [9.17, 15) is 14.4 Å². The third kappa shape index (κ3) is 4.83. The van der Waals surface area contributed by atoms with Crippen molar-refractivity contribution in [1.82, 2.24) is 4.90 Å². The molecule has 0 atom stereocenters. The molecule has 31 heavy (non-hydrogen) atoms. The van der Waals surface area contributed by atoms with E-state index >= 15 is 0 Å². The van der Waals surface area contributed by atoms with Crippen LogP contribution in [-0.2, 0) is 11.3 Å². The van der Waals surface area contributed by atoms with Crippen LogP contribution < -0.4 is 5.32 Å². The summed E-state index contributed by atoms with van der Waals surface area (Å²) in [7, 11) is 0. The molecular weight excluding hydrogens is 396 g/mol. The van der Waals surface area contributed by atoms with Crippen LogP contribution in [0.1, 0.15) is 49.7 Å². The summed E-state index contributed by atoms with van der Waals surface area (Å²) in [6.45, 7) is 1.65. The zero-order chi connectivity index (χ0) is 21.6. The van der Waals surface area contributed by atoms with E-state index in [4.69, 9.17) is 9.15 Å². The smallest absolute Gasteiger partial charge is 0.340 e. The first kappa shape index (κ1) is 20.4. The number of likely N-dealkylation sites (tertiary alicyclic amines) is 1. The molecule has 0 radical (unpaired) electrons. The summed E-state index contributed by atoms with van der Waals surface area (Å²) < 4.78 is 10.5. The number of anilines is 1. The van der Waals surface area contributed by atoms with Crippen molar-refractivity contribution in [2.45, 2.75) is 19.4 Å². The number of nitrogens with one attached hydrogen (secondary N) is 1. The zero-order valence-electron chi connectivity index (χ0n) is 16.9. The first-order valence-corrected chi connectivity index (χ1v) is 10.1. The van der Waals surface area contributed by atoms with Gasteiger partial charge in [0.25, 0.3) is 11.8 Å². The molecule has 2 aromatic carbocycles. The Balaban J connectivity index is 1.38. The van der Waals surface area contributed by atoms with Crippen LogP contribution in [0.15, 0.2) is 71.3 Å². The van der Waals surface area contributed by atoms with Crippen molar-refractivity contribution in [3.05, 3.63) is 89.4 Å². The molecule has 0 unspecified atom stereocenters. The Bertz CT molecular complexity index is 1070. The van der Waals surface area contributed by atoms with Crippen molar-refractivity contribution in [2.24, 2.45) is 0 Å². The number of benzene rings is 2. The number of nitrogens with zero attached hydrogens (tertiary/aromatic N) is 1. The molecule has 1 aliphatic heterocycles. The van der Waals surface area contributed by atoms with E-state index in [0.29, 0.717) is 11.3 Å². The molecule has 4 rings (SSSR count). The maximum atomic E-state index is 12.6. The van der Waals surface area contributed by atoms with E-state index < -0.39 is 11.9 Å². The molecule has 1 aromatic heterocycles. The van der Waals surface area contributed by atoms with Gasteiger partial charge in [-0.2, -0.15) is 0 Å². The lowest BCUT2D eigenvalue weighted by molar-refractivity contribution is 0.0473. The monoisotopic (exact) mass is 418 g/mol. The zero-order valence-corrected chi connectivity index (χ0v) is 16.9. The Morgan fingerprint density at radius 3 is 2.39 bits per heavy atom. The second-order valence-corrected chi connectivity index (χ2v) is 7.25. The topological polar surface area (TPSA) is 88.8 Å². The molecule has 7 heteroatoms. The van der Waals surface area contributed by atoms with Crippen LogP contribution >= 0.6 is 0 Å². The molecule has 7 nitrogen and oxygen atoms in total. The molecule has 0 saturated carbocycles. The van der Waals surface area contributed by atoms with Crippen molar-refractivity contribution < 1.29 is 23.5 Å². The summed E-state index contributed by atoms with van der Waals surface area (Å²) in [5.41, 5.74) is 1.97. The number of para-hydroxylation sites is 1. The van der Waals surface area contributed by atoms with Gasteiger partial charge in [-0.15, -0.1) is 0 Å². The largest absolute Gasteiger partial charge is 0.459 e. The Labute approximate surface area is 179 Å². The predicted molar refractivity (Wildman–Crippen MR) is 114 cm³/mol. The number of ether oxygens (including phenoxy) is 1. The highest BCUT2D eigenvalue weighted by Crippen LogP contribution is 2.19. The maximum absolute atomic E-state index is 12.6. The number of carbonyl (C=O) groups excluding carboxylic acids is 3. The fourth-order valence-electron chi connectivity index (χ4n) is 3.43. The van der Waals surface area contributed by atoms with Gasteiger partial charge in [0.1, 0.15) is 6.61 Å². The van der Waals surface area contributed by atoms with Crippen LogP contribution in [0, 0.1) is 0 Å². The van der Waals surface area contributed by atoms with E-state index in [1.165, 1.54) is 12.3 Å². The van der Waals surface area contributed by atoms with E-state index in [1.54, 1.807) is 54.6 Å². The molecule has 1 N–H and O–H groups in total. The number of furan rings is 1. The SMILES string of the molecule is O=C(Nc1ccccc1C(=O)OCc1ccc(C(=O)N2CCCC2)cc1)c1ccco1. The number of rotatable bonds is 6. The summed E-state index contributed by atoms with van der Waals surface area (Å²) in [6.07, 6.45) is 3.49. The van der Waals surface area contributed by atoms with Crippen molar-refractivity contribution in [3.63, 3.8) is 0 Å². The van der Waals surface area contributed by atoms with E-state index in [1.807, 2.05) is 4.90 Å². The molecule has 0 bridgehead atoms. The lowest BCUT2D eigenvalue weighted by Crippen LogP contribution is -2.27. The molecule has 0 spiro atoms. The van der Waals surface area contributed by atoms with E-state index in [-0.39, 0.29) is 23.8 Å². The summed E-state index contributed by atoms with van der Waals surface area (Å²) in [6, 6.07) is 16.8. The lowest BCUT2D eigenvalue weighted by Gasteiger charge is -2.15. The molecule has 2 amide bonds. The number of carbonyl (C=O) groups is 3. The number of hydrogen-bond donors (Lipinski definition) is 1. The molecule has 0 aliphatic carbocycles. The van der Waals surface area contributed by atoms with Gasteiger partial charge in [-0.25, -0.2) is 4.79 Å². The minimum atomic E-state index is -0.562. The van der Waals surface area contributed by atoms with Crippen LogP contribution in [0.5, 0.6) is 0 Å². The quantitative estimate of drug-likeness (QED) is 0.608. The van der Waals surface area contributed by atoms with Gasteiger partial charge >= 0.3 is 5.97 Å². The first-order chi connectivity index (χ1) is 15.1. The van der Waals surface area contributed by atoms with Crippen LogP contribution in [0.4, 0.5) is 5.69 Å². The maximum Gasteiger partial charge on any atom is 0.340 e. The average Bonchev–Trinajstić information content (AvgIpc) is 3.52. The third-order valence-corrected chi connectivity index (χ3v) is 5.10. The van der Waals surface area contributed by atoms with Crippen molar-refractivity contribution >= 4 is 23.5 Å². The van der Waals surface area contributed by atoms with Gasteiger partial charge in [0.2, 0.25) is 0 Å². The van der Waals surface area contributed by atoms with Crippen molar-refractivity contribution in [1.29, 1.82) is 0 Å². The molecule has 1 aliphatic rings. The first-order valence-electron chi connectivity index (χ1n) is 10.1. The third-order valence-electron chi connectivity index (χ3n) is 5.10. The van der Waals surface area contributed by atoms with Gasteiger partial charge < -0.3 is 19.4 Å². The standard InChI is InChI=1S/C24H22N2O5/c27-22(21-8-5-15-30-21)25-20-7-2-1-6-19(20)24(29)31-16-17-9-11-18(12-10-17)23(28)26-13-3-4-14-26/h1-2,5-12,15H,3-4,13-14,16H2,(H,25,27). The minimum Gasteiger partial charge on any atom is -0.459 e. The van der Waals surface area contributed by atoms with Gasteiger partial charge in [-0.3, -0.25) is 9.59 Å². The van der Waals surface area contributed by atoms with Crippen LogP contribution in [0.2, 0.25) is 0 Å². The molecule has 1 fully saturated rings. The molecule has 1 saturated heterocycles. The number of amides is 2. The Morgan fingerprint density at radius 1 is 0.935 bits per heavy atom. The van der Waals surface area contributed by atoms with Crippen LogP contribution in [0.25, 0.3) is 0 Å². The Hall–Kier alpha value is -3.87. The van der Waals surface area contributed by atoms with Crippen LogP contribution in [-0.4, -0.2) is 35.8 Å². The predicted octanol–water partition coefficient (Wildman–Crippen LogP) is 4.12. The summed E-state index contributed by atoms with van der Waals surface area (Å²) in [5, 5.41) is 2.66. The van der Waals surface area contributed by atoms with Gasteiger partial charge in [-0.05, 0) is 54.8 Å². The van der Waals surface area contributed by atoms with E-state index in [2.05, 4.69) is 5.32 Å². The van der Waals surface area contributed by atoms with Gasteiger partial charge in [0, 0.05) is 18.7 Å². The van der Waals surface area contributed by atoms with Crippen LogP contribution in [0.3, 0.4) is 0 Å². The molecular formula is C24H22N2O5. The summed E-state index contributed by atoms with van der Waals surface area (Å²) in [5.74, 6) is -0.843. The van der Waals surface area contributed by atoms with Gasteiger partial charge in [0.15, 0.2) is 5.76 Å². The summed E-state index contributed by atoms with van der Waals surface area (Å²) >= 11 is 0. The minimum absolute atomic E-state index is 0.0299. The number of esters is 1. The molecule has 158 valence electrons. The normalized spacial score (nSPS) is 13.1. The Kier molecular flexibility index (Phi) is 6.12. The molecule has 2 heterocycles. The lowest BCUT2D eigenvalue weighted by atomic mass is 10.1. The van der Waals surface area contributed by atoms with Gasteiger partial charge in [0.05, 0.1) is 17.5 Å². The number of hydrogen-bond acceptors (Lipinski definition) is 5. The highest BCUT2D eigenvalue weighted by Gasteiger charge is 2.20. The molecule has 3 aromatic rings. The second kappa shape index (κ2) is 9.30. The van der Waals surface area contributed by atoms with Gasteiger partial charge in [-0.1, -0.05) is 24.3 Å².